The molecule has 1 heterocycles. The summed E-state index contributed by atoms with van der Waals surface area (Å²) in [6, 6.07) is 12.1. The maximum atomic E-state index is 12.6. The predicted molar refractivity (Wildman–Crippen MR) is 94.1 cm³/mol. The molecule has 1 N–H and O–H groups in total. The van der Waals surface area contributed by atoms with Gasteiger partial charge in [-0.3, -0.25) is 4.79 Å². The molecule has 0 aliphatic rings. The fourth-order valence-electron chi connectivity index (χ4n) is 2.52. The topological polar surface area (TPSA) is 47.6 Å². The molecule has 3 aromatic rings. The molecule has 3 rings (SSSR count). The van der Waals surface area contributed by atoms with E-state index in [9.17, 15) is 13.6 Å². The highest BCUT2D eigenvalue weighted by Crippen LogP contribution is 2.33. The SMILES string of the molecule is COc1ccc(NC(=O)c2sc3ccccc3c2C)cc1OC(F)F. The molecule has 0 radical (unpaired) electrons. The number of anilines is 1. The average Bonchev–Trinajstić information content (AvgIpc) is 2.92. The van der Waals surface area contributed by atoms with Crippen molar-refractivity contribution in [1.29, 1.82) is 0 Å². The number of ether oxygens (including phenoxy) is 2. The van der Waals surface area contributed by atoms with Gasteiger partial charge in [0, 0.05) is 16.5 Å². The fraction of sp³-hybridized carbons (Fsp3) is 0.167. The van der Waals surface area contributed by atoms with Gasteiger partial charge in [0.15, 0.2) is 11.5 Å². The number of benzene rings is 2. The number of aryl methyl sites for hydroxylation is 1. The van der Waals surface area contributed by atoms with Crippen LogP contribution in [0.15, 0.2) is 42.5 Å². The van der Waals surface area contributed by atoms with Gasteiger partial charge in [-0.15, -0.1) is 11.3 Å². The Labute approximate surface area is 147 Å². The van der Waals surface area contributed by atoms with Gasteiger partial charge in [0.2, 0.25) is 0 Å². The van der Waals surface area contributed by atoms with Gasteiger partial charge in [0.05, 0.1) is 12.0 Å². The summed E-state index contributed by atoms with van der Waals surface area (Å²) >= 11 is 1.39. The number of hydrogen-bond donors (Lipinski definition) is 1. The van der Waals surface area contributed by atoms with Crippen molar-refractivity contribution in [3.63, 3.8) is 0 Å². The third kappa shape index (κ3) is 3.56. The first-order chi connectivity index (χ1) is 12.0. The van der Waals surface area contributed by atoms with Crippen LogP contribution in [0.2, 0.25) is 0 Å². The van der Waals surface area contributed by atoms with Crippen LogP contribution in [-0.2, 0) is 0 Å². The summed E-state index contributed by atoms with van der Waals surface area (Å²) in [6.07, 6.45) is 0. The second kappa shape index (κ2) is 7.06. The highest BCUT2D eigenvalue weighted by Gasteiger charge is 2.17. The number of fused-ring (bicyclic) bond motifs is 1. The third-order valence-corrected chi connectivity index (χ3v) is 4.96. The summed E-state index contributed by atoms with van der Waals surface area (Å²) in [5, 5.41) is 3.74. The number of carbonyl (C=O) groups excluding carboxylic acids is 1. The molecule has 1 amide bonds. The van der Waals surface area contributed by atoms with Gasteiger partial charge in [0.1, 0.15) is 0 Å². The molecule has 130 valence electrons. The van der Waals surface area contributed by atoms with E-state index in [1.54, 1.807) is 6.07 Å². The van der Waals surface area contributed by atoms with Crippen LogP contribution in [0.1, 0.15) is 15.2 Å². The van der Waals surface area contributed by atoms with Crippen molar-refractivity contribution < 1.29 is 23.0 Å². The van der Waals surface area contributed by atoms with Crippen molar-refractivity contribution in [2.24, 2.45) is 0 Å². The number of hydrogen-bond acceptors (Lipinski definition) is 4. The molecule has 0 aliphatic carbocycles. The number of halogens is 2. The fourth-order valence-corrected chi connectivity index (χ4v) is 3.63. The molecule has 0 spiro atoms. The Morgan fingerprint density at radius 2 is 1.92 bits per heavy atom. The van der Waals surface area contributed by atoms with Crippen molar-refractivity contribution in [2.45, 2.75) is 13.5 Å². The van der Waals surface area contributed by atoms with Gasteiger partial charge >= 0.3 is 6.61 Å². The van der Waals surface area contributed by atoms with E-state index in [1.807, 2.05) is 31.2 Å². The minimum absolute atomic E-state index is 0.136. The molecule has 0 bridgehead atoms. The first kappa shape index (κ1) is 17.2. The average molecular weight is 363 g/mol. The lowest BCUT2D eigenvalue weighted by Gasteiger charge is -2.12. The Morgan fingerprint density at radius 3 is 2.60 bits per heavy atom. The van der Waals surface area contributed by atoms with Crippen LogP contribution in [0.4, 0.5) is 14.5 Å². The van der Waals surface area contributed by atoms with Crippen LogP contribution in [0.3, 0.4) is 0 Å². The number of rotatable bonds is 5. The minimum Gasteiger partial charge on any atom is -0.493 e. The minimum atomic E-state index is -2.98. The van der Waals surface area contributed by atoms with E-state index >= 15 is 0 Å². The normalized spacial score (nSPS) is 10.9. The largest absolute Gasteiger partial charge is 0.493 e. The number of thiophene rings is 1. The Bertz CT molecular complexity index is 924. The monoisotopic (exact) mass is 363 g/mol. The smallest absolute Gasteiger partial charge is 0.387 e. The van der Waals surface area contributed by atoms with Gasteiger partial charge in [-0.05, 0) is 36.1 Å². The van der Waals surface area contributed by atoms with Crippen LogP contribution in [0, 0.1) is 6.92 Å². The van der Waals surface area contributed by atoms with E-state index < -0.39 is 6.61 Å². The summed E-state index contributed by atoms with van der Waals surface area (Å²) in [6.45, 7) is -1.10. The van der Waals surface area contributed by atoms with Crippen molar-refractivity contribution in [3.05, 3.63) is 52.9 Å². The molecule has 4 nitrogen and oxygen atoms in total. The highest BCUT2D eigenvalue weighted by molar-refractivity contribution is 7.21. The van der Waals surface area contributed by atoms with Crippen molar-refractivity contribution >= 4 is 33.0 Å². The molecule has 0 saturated carbocycles. The zero-order valence-corrected chi connectivity index (χ0v) is 14.3. The van der Waals surface area contributed by atoms with Crippen LogP contribution in [-0.4, -0.2) is 19.6 Å². The molecular formula is C18H15F2NO3S. The molecule has 0 atom stereocenters. The zero-order chi connectivity index (χ0) is 18.0. The predicted octanol–water partition coefficient (Wildman–Crippen LogP) is 5.07. The van der Waals surface area contributed by atoms with Gasteiger partial charge in [-0.1, -0.05) is 18.2 Å². The molecule has 25 heavy (non-hydrogen) atoms. The van der Waals surface area contributed by atoms with Crippen molar-refractivity contribution in [3.8, 4) is 11.5 Å². The van der Waals surface area contributed by atoms with Crippen LogP contribution < -0.4 is 14.8 Å². The highest BCUT2D eigenvalue weighted by atomic mass is 32.1. The number of amides is 1. The lowest BCUT2D eigenvalue weighted by Crippen LogP contribution is -2.12. The quantitative estimate of drug-likeness (QED) is 0.688. The zero-order valence-electron chi connectivity index (χ0n) is 13.5. The van der Waals surface area contributed by atoms with Crippen molar-refractivity contribution in [2.75, 3.05) is 12.4 Å². The maximum Gasteiger partial charge on any atom is 0.387 e. The summed E-state index contributed by atoms with van der Waals surface area (Å²) in [4.78, 5) is 13.1. The molecular weight excluding hydrogens is 348 g/mol. The molecule has 0 aliphatic heterocycles. The van der Waals surface area contributed by atoms with Gasteiger partial charge in [-0.2, -0.15) is 8.78 Å². The van der Waals surface area contributed by atoms with Crippen molar-refractivity contribution in [1.82, 2.24) is 0 Å². The van der Waals surface area contributed by atoms with E-state index in [0.29, 0.717) is 10.6 Å². The first-order valence-corrected chi connectivity index (χ1v) is 8.23. The van der Waals surface area contributed by atoms with Gasteiger partial charge in [0.25, 0.3) is 5.91 Å². The summed E-state index contributed by atoms with van der Waals surface area (Å²) in [7, 11) is 1.35. The number of methoxy groups -OCH3 is 1. The first-order valence-electron chi connectivity index (χ1n) is 7.42. The van der Waals surface area contributed by atoms with Gasteiger partial charge < -0.3 is 14.8 Å². The standard InChI is InChI=1S/C18H15F2NO3S/c1-10-12-5-3-4-6-15(12)25-16(10)17(22)21-11-7-8-13(23-2)14(9-11)24-18(19)20/h3-9,18H,1-2H3,(H,21,22). The lowest BCUT2D eigenvalue weighted by molar-refractivity contribution is -0.0511. The van der Waals surface area contributed by atoms with E-state index in [0.717, 1.165) is 15.6 Å². The van der Waals surface area contributed by atoms with E-state index in [-0.39, 0.29) is 17.4 Å². The van der Waals surface area contributed by atoms with Gasteiger partial charge in [-0.25, -0.2) is 0 Å². The Balaban J connectivity index is 1.88. The van der Waals surface area contributed by atoms with E-state index in [4.69, 9.17) is 4.74 Å². The molecule has 7 heteroatoms. The van der Waals surface area contributed by atoms with E-state index in [1.165, 1.54) is 30.6 Å². The van der Waals surface area contributed by atoms with Crippen LogP contribution >= 0.6 is 11.3 Å². The molecule has 0 unspecified atom stereocenters. The van der Waals surface area contributed by atoms with Crippen LogP contribution in [0.25, 0.3) is 10.1 Å². The Kier molecular flexibility index (Phi) is 4.85. The molecule has 0 saturated heterocycles. The summed E-state index contributed by atoms with van der Waals surface area (Å²) in [5.74, 6) is -0.272. The summed E-state index contributed by atoms with van der Waals surface area (Å²) < 4.78 is 35.4. The molecule has 0 fully saturated rings. The number of carbonyl (C=O) groups is 1. The third-order valence-electron chi connectivity index (χ3n) is 3.69. The number of nitrogens with one attached hydrogen (secondary N) is 1. The second-order valence-electron chi connectivity index (χ2n) is 5.25. The maximum absolute atomic E-state index is 12.6. The lowest BCUT2D eigenvalue weighted by atomic mass is 10.1. The molecule has 2 aromatic carbocycles. The Hall–Kier alpha value is -2.67. The van der Waals surface area contributed by atoms with Crippen LogP contribution in [0.5, 0.6) is 11.5 Å². The van der Waals surface area contributed by atoms with E-state index in [2.05, 4.69) is 10.1 Å². The number of alkyl halides is 2. The Morgan fingerprint density at radius 1 is 1.16 bits per heavy atom. The second-order valence-corrected chi connectivity index (χ2v) is 6.30. The molecule has 1 aromatic heterocycles. The summed E-state index contributed by atoms with van der Waals surface area (Å²) in [5.41, 5.74) is 1.23.